The topological polar surface area (TPSA) is 62.3 Å². The molecule has 1 N–H and O–H groups in total. The average molecular weight is 446 g/mol. The summed E-state index contributed by atoms with van der Waals surface area (Å²) in [5.41, 5.74) is 2.63. The van der Waals surface area contributed by atoms with Crippen LogP contribution in [0.25, 0.3) is 11.1 Å². The van der Waals surface area contributed by atoms with E-state index in [1.807, 2.05) is 43.1 Å². The number of piperidine rings is 1. The number of amides is 2. The molecular weight excluding hydrogens is 410 g/mol. The van der Waals surface area contributed by atoms with Gasteiger partial charge >= 0.3 is 0 Å². The van der Waals surface area contributed by atoms with Gasteiger partial charge in [-0.3, -0.25) is 14.6 Å². The van der Waals surface area contributed by atoms with Crippen LogP contribution in [-0.2, 0) is 16.0 Å². The summed E-state index contributed by atoms with van der Waals surface area (Å²) < 4.78 is 0. The predicted molar refractivity (Wildman–Crippen MR) is 131 cm³/mol. The second kappa shape index (κ2) is 10.3. The maximum absolute atomic E-state index is 13.7. The summed E-state index contributed by atoms with van der Waals surface area (Å²) in [5, 5.41) is 3.17. The molecule has 2 heterocycles. The Bertz CT molecular complexity index is 1000. The van der Waals surface area contributed by atoms with Crippen LogP contribution in [0.4, 0.5) is 0 Å². The number of nitrogens with one attached hydrogen (secondary N) is 1. The molecule has 1 aliphatic carbocycles. The van der Waals surface area contributed by atoms with Gasteiger partial charge in [0.15, 0.2) is 0 Å². The first kappa shape index (κ1) is 23.2. The molecule has 4 rings (SSSR count). The highest BCUT2D eigenvalue weighted by molar-refractivity contribution is 5.86. The van der Waals surface area contributed by atoms with E-state index in [0.29, 0.717) is 13.0 Å². The van der Waals surface area contributed by atoms with Crippen molar-refractivity contribution < 1.29 is 9.59 Å². The largest absolute Gasteiger partial charge is 0.353 e. The molecule has 1 saturated heterocycles. The molecule has 2 aromatic rings. The number of hydrogen-bond donors (Lipinski definition) is 1. The first-order valence-electron chi connectivity index (χ1n) is 12.2. The smallest absolute Gasteiger partial charge is 0.228 e. The third kappa shape index (κ3) is 5.35. The average Bonchev–Trinajstić information content (AvgIpc) is 2.85. The van der Waals surface area contributed by atoms with Crippen LogP contribution in [0.15, 0.2) is 60.9 Å². The predicted octanol–water partition coefficient (Wildman–Crippen LogP) is 4.78. The fourth-order valence-corrected chi connectivity index (χ4v) is 5.26. The zero-order chi connectivity index (χ0) is 23.3. The van der Waals surface area contributed by atoms with Crippen LogP contribution in [0.2, 0.25) is 0 Å². The number of carbonyl (C=O) groups is 2. The molecule has 0 bridgehead atoms. The maximum Gasteiger partial charge on any atom is 0.228 e. The third-order valence-electron chi connectivity index (χ3n) is 6.93. The molecule has 2 atom stereocenters. The normalized spacial score (nSPS) is 22.9. The summed E-state index contributed by atoms with van der Waals surface area (Å²) in [6.07, 6.45) is 12.8. The highest BCUT2D eigenvalue weighted by atomic mass is 16.2. The fraction of sp³-hybridized carbons (Fsp3) is 0.464. The Kier molecular flexibility index (Phi) is 7.26. The Morgan fingerprint density at radius 3 is 2.76 bits per heavy atom. The Hall–Kier alpha value is -2.95. The molecule has 2 aliphatic rings. The Balaban J connectivity index is 1.65. The standard InChI is InChI=1S/C28H35N3O2/c1-21(2)30-27(33)28(15-9-17-31(20-28)26(32)22-10-4-3-5-11-22)18-23-12-6-7-14-25(23)24-13-8-16-29-19-24/h3-4,6-8,12-14,16,19,21-22H,5,9-11,15,17-18,20H2,1-2H3,(H,30,33)/t22-,28+/m0/s1. The van der Waals surface area contributed by atoms with Crippen molar-refractivity contribution in [1.82, 2.24) is 15.2 Å². The van der Waals surface area contributed by atoms with Gasteiger partial charge in [0.25, 0.3) is 0 Å². The lowest BCUT2D eigenvalue weighted by Gasteiger charge is -2.43. The highest BCUT2D eigenvalue weighted by Gasteiger charge is 2.44. The molecule has 0 saturated carbocycles. The zero-order valence-corrected chi connectivity index (χ0v) is 19.8. The van der Waals surface area contributed by atoms with E-state index >= 15 is 0 Å². The van der Waals surface area contributed by atoms with E-state index in [-0.39, 0.29) is 23.8 Å². The van der Waals surface area contributed by atoms with Crippen molar-refractivity contribution in [1.29, 1.82) is 0 Å². The summed E-state index contributed by atoms with van der Waals surface area (Å²) in [6, 6.07) is 12.3. The van der Waals surface area contributed by atoms with Gasteiger partial charge in [-0.05, 0) is 69.6 Å². The Morgan fingerprint density at radius 1 is 1.18 bits per heavy atom. The molecule has 0 spiro atoms. The molecule has 2 amide bonds. The van der Waals surface area contributed by atoms with Gasteiger partial charge in [-0.1, -0.05) is 42.5 Å². The van der Waals surface area contributed by atoms with Crippen molar-refractivity contribution >= 4 is 11.8 Å². The Labute approximate surface area is 197 Å². The number of allylic oxidation sites excluding steroid dienone is 2. The number of hydrogen-bond acceptors (Lipinski definition) is 3. The summed E-state index contributed by atoms with van der Waals surface area (Å²) in [7, 11) is 0. The number of likely N-dealkylation sites (tertiary alicyclic amines) is 1. The van der Waals surface area contributed by atoms with Crippen molar-refractivity contribution in [2.45, 2.75) is 58.4 Å². The van der Waals surface area contributed by atoms with Crippen LogP contribution in [0.5, 0.6) is 0 Å². The Morgan fingerprint density at radius 2 is 2.03 bits per heavy atom. The number of carbonyl (C=O) groups excluding carboxylic acids is 2. The van der Waals surface area contributed by atoms with Crippen molar-refractivity contribution in [3.05, 3.63) is 66.5 Å². The number of benzene rings is 1. The first-order chi connectivity index (χ1) is 16.0. The number of nitrogens with zero attached hydrogens (tertiary/aromatic N) is 2. The van der Waals surface area contributed by atoms with Crippen molar-refractivity contribution in [2.24, 2.45) is 11.3 Å². The molecule has 1 aliphatic heterocycles. The minimum absolute atomic E-state index is 0.0432. The highest BCUT2D eigenvalue weighted by Crippen LogP contribution is 2.38. The molecule has 33 heavy (non-hydrogen) atoms. The molecule has 5 heteroatoms. The van der Waals surface area contributed by atoms with Gasteiger partial charge in [0.05, 0.1) is 5.41 Å². The lowest BCUT2D eigenvalue weighted by Crippen LogP contribution is -2.56. The SMILES string of the molecule is CC(C)NC(=O)[C@@]1(Cc2ccccc2-c2cccnc2)CCCN(C(=O)[C@H]2CC=CCC2)C1. The molecule has 1 fully saturated rings. The van der Waals surface area contributed by atoms with Gasteiger partial charge in [-0.15, -0.1) is 0 Å². The number of aromatic nitrogens is 1. The number of rotatable bonds is 6. The van der Waals surface area contributed by atoms with Crippen LogP contribution >= 0.6 is 0 Å². The van der Waals surface area contributed by atoms with E-state index in [1.165, 1.54) is 0 Å². The van der Waals surface area contributed by atoms with Crippen molar-refractivity contribution in [2.75, 3.05) is 13.1 Å². The molecule has 174 valence electrons. The van der Waals surface area contributed by atoms with E-state index in [1.54, 1.807) is 6.20 Å². The van der Waals surface area contributed by atoms with Gasteiger partial charge < -0.3 is 10.2 Å². The zero-order valence-electron chi connectivity index (χ0n) is 19.8. The fourth-order valence-electron chi connectivity index (χ4n) is 5.26. The van der Waals surface area contributed by atoms with E-state index in [2.05, 4.69) is 40.7 Å². The molecule has 0 unspecified atom stereocenters. The van der Waals surface area contributed by atoms with Gasteiger partial charge in [0.1, 0.15) is 0 Å². The van der Waals surface area contributed by atoms with E-state index in [0.717, 1.165) is 55.3 Å². The third-order valence-corrected chi connectivity index (χ3v) is 6.93. The minimum atomic E-state index is -0.638. The van der Waals surface area contributed by atoms with E-state index in [9.17, 15) is 9.59 Å². The van der Waals surface area contributed by atoms with Crippen LogP contribution < -0.4 is 5.32 Å². The lowest BCUT2D eigenvalue weighted by atomic mass is 9.72. The van der Waals surface area contributed by atoms with E-state index in [4.69, 9.17) is 0 Å². The van der Waals surface area contributed by atoms with Crippen LogP contribution in [0, 0.1) is 11.3 Å². The quantitative estimate of drug-likeness (QED) is 0.651. The summed E-state index contributed by atoms with van der Waals surface area (Å²) >= 11 is 0. The lowest BCUT2D eigenvalue weighted by molar-refractivity contribution is -0.144. The van der Waals surface area contributed by atoms with Crippen LogP contribution in [0.1, 0.15) is 51.5 Å². The van der Waals surface area contributed by atoms with Gasteiger partial charge in [0.2, 0.25) is 11.8 Å². The van der Waals surface area contributed by atoms with Crippen molar-refractivity contribution in [3.8, 4) is 11.1 Å². The van der Waals surface area contributed by atoms with Crippen LogP contribution in [0.3, 0.4) is 0 Å². The molecule has 1 aromatic heterocycles. The minimum Gasteiger partial charge on any atom is -0.353 e. The second-order valence-corrected chi connectivity index (χ2v) is 9.83. The number of pyridine rings is 1. The van der Waals surface area contributed by atoms with Gasteiger partial charge in [0, 0.05) is 43.0 Å². The maximum atomic E-state index is 13.7. The molecular formula is C28H35N3O2. The van der Waals surface area contributed by atoms with E-state index < -0.39 is 5.41 Å². The molecule has 1 aromatic carbocycles. The summed E-state index contributed by atoms with van der Waals surface area (Å²) in [6.45, 7) is 5.20. The summed E-state index contributed by atoms with van der Waals surface area (Å²) in [4.78, 5) is 33.3. The second-order valence-electron chi connectivity index (χ2n) is 9.83. The van der Waals surface area contributed by atoms with Crippen LogP contribution in [-0.4, -0.2) is 40.8 Å². The van der Waals surface area contributed by atoms with Crippen molar-refractivity contribution in [3.63, 3.8) is 0 Å². The first-order valence-corrected chi connectivity index (χ1v) is 12.2. The van der Waals surface area contributed by atoms with Gasteiger partial charge in [-0.25, -0.2) is 0 Å². The monoisotopic (exact) mass is 445 g/mol. The van der Waals surface area contributed by atoms with Gasteiger partial charge in [-0.2, -0.15) is 0 Å². The molecule has 5 nitrogen and oxygen atoms in total. The summed E-state index contributed by atoms with van der Waals surface area (Å²) in [5.74, 6) is 0.308. The molecule has 0 radical (unpaired) electrons.